The van der Waals surface area contributed by atoms with E-state index in [2.05, 4.69) is 52.5 Å². The molecule has 1 atom stereocenters. The highest BCUT2D eigenvalue weighted by atomic mass is 14.2. The minimum Gasteiger partial charge on any atom is -0.0991 e. The SMILES string of the molecule is C=C/C=C(\C=C/C)C(CCC)CC(C)C. The Morgan fingerprint density at radius 1 is 1.33 bits per heavy atom. The summed E-state index contributed by atoms with van der Waals surface area (Å²) in [5.41, 5.74) is 1.43. The van der Waals surface area contributed by atoms with Crippen LogP contribution in [0.15, 0.2) is 36.5 Å². The summed E-state index contributed by atoms with van der Waals surface area (Å²) in [4.78, 5) is 0. The van der Waals surface area contributed by atoms with Crippen LogP contribution in [0.25, 0.3) is 0 Å². The van der Waals surface area contributed by atoms with Crippen molar-refractivity contribution in [3.05, 3.63) is 36.5 Å². The highest BCUT2D eigenvalue weighted by Crippen LogP contribution is 2.26. The van der Waals surface area contributed by atoms with Crippen LogP contribution in [0.3, 0.4) is 0 Å². The fourth-order valence-electron chi connectivity index (χ4n) is 1.99. The van der Waals surface area contributed by atoms with E-state index in [0.29, 0.717) is 5.92 Å². The first-order valence-corrected chi connectivity index (χ1v) is 6.10. The number of rotatable bonds is 7. The Morgan fingerprint density at radius 2 is 2.00 bits per heavy atom. The maximum absolute atomic E-state index is 3.79. The lowest BCUT2D eigenvalue weighted by molar-refractivity contribution is 0.436. The Balaban J connectivity index is 4.66. The highest BCUT2D eigenvalue weighted by Gasteiger charge is 2.12. The normalized spacial score (nSPS) is 14.9. The molecule has 15 heavy (non-hydrogen) atoms. The van der Waals surface area contributed by atoms with E-state index in [1.807, 2.05) is 6.08 Å². The third-order valence-electron chi connectivity index (χ3n) is 2.53. The van der Waals surface area contributed by atoms with Crippen LogP contribution in [0.5, 0.6) is 0 Å². The van der Waals surface area contributed by atoms with Crippen LogP contribution >= 0.6 is 0 Å². The van der Waals surface area contributed by atoms with Gasteiger partial charge in [0.1, 0.15) is 0 Å². The summed E-state index contributed by atoms with van der Waals surface area (Å²) >= 11 is 0. The van der Waals surface area contributed by atoms with Crippen molar-refractivity contribution in [3.8, 4) is 0 Å². The maximum Gasteiger partial charge on any atom is -0.0160 e. The first-order valence-electron chi connectivity index (χ1n) is 6.10. The maximum atomic E-state index is 3.79. The Labute approximate surface area is 95.8 Å². The summed E-state index contributed by atoms with van der Waals surface area (Å²) in [5.74, 6) is 1.46. The zero-order chi connectivity index (χ0) is 11.7. The van der Waals surface area contributed by atoms with E-state index in [0.717, 1.165) is 5.92 Å². The van der Waals surface area contributed by atoms with Crippen molar-refractivity contribution in [2.24, 2.45) is 11.8 Å². The van der Waals surface area contributed by atoms with Gasteiger partial charge >= 0.3 is 0 Å². The van der Waals surface area contributed by atoms with Gasteiger partial charge in [0.25, 0.3) is 0 Å². The van der Waals surface area contributed by atoms with Crippen LogP contribution < -0.4 is 0 Å². The minimum atomic E-state index is 0.698. The standard InChI is InChI=1S/C15H26/c1-6-9-14(10-7-2)15(11-8-3)12-13(4)5/h6-7,9-10,13,15H,1,8,11-12H2,2-5H3/b10-7-,14-9+. The molecule has 0 aromatic rings. The molecule has 0 aliphatic heterocycles. The summed E-state index contributed by atoms with van der Waals surface area (Å²) in [7, 11) is 0. The molecule has 0 spiro atoms. The van der Waals surface area contributed by atoms with Crippen LogP contribution in [-0.4, -0.2) is 0 Å². The van der Waals surface area contributed by atoms with E-state index in [-0.39, 0.29) is 0 Å². The van der Waals surface area contributed by atoms with E-state index < -0.39 is 0 Å². The zero-order valence-corrected chi connectivity index (χ0v) is 10.8. The summed E-state index contributed by atoms with van der Waals surface area (Å²) in [6.07, 6.45) is 12.2. The molecule has 0 amide bonds. The first-order chi connectivity index (χ1) is 7.15. The van der Waals surface area contributed by atoms with Crippen molar-refractivity contribution in [2.45, 2.75) is 47.0 Å². The van der Waals surface area contributed by atoms with E-state index in [9.17, 15) is 0 Å². The van der Waals surface area contributed by atoms with Gasteiger partial charge in [0, 0.05) is 0 Å². The van der Waals surface area contributed by atoms with Gasteiger partial charge in [0.05, 0.1) is 0 Å². The summed E-state index contributed by atoms with van der Waals surface area (Å²) in [5, 5.41) is 0. The molecule has 0 rings (SSSR count). The second-order valence-electron chi connectivity index (χ2n) is 4.52. The molecule has 0 radical (unpaired) electrons. The van der Waals surface area contributed by atoms with Crippen LogP contribution in [-0.2, 0) is 0 Å². The van der Waals surface area contributed by atoms with Gasteiger partial charge in [-0.05, 0) is 37.2 Å². The molecule has 0 aromatic carbocycles. The average molecular weight is 206 g/mol. The molecule has 0 aromatic heterocycles. The number of allylic oxidation sites excluding steroid dienone is 5. The predicted octanol–water partition coefficient (Wildman–Crippen LogP) is 5.14. The van der Waals surface area contributed by atoms with Crippen LogP contribution in [0.2, 0.25) is 0 Å². The zero-order valence-electron chi connectivity index (χ0n) is 10.8. The van der Waals surface area contributed by atoms with Crippen molar-refractivity contribution in [3.63, 3.8) is 0 Å². The molecule has 0 heterocycles. The average Bonchev–Trinajstić information content (AvgIpc) is 2.16. The van der Waals surface area contributed by atoms with Crippen LogP contribution in [0.4, 0.5) is 0 Å². The Kier molecular flexibility index (Phi) is 8.08. The van der Waals surface area contributed by atoms with Crippen molar-refractivity contribution in [2.75, 3.05) is 0 Å². The Bertz CT molecular complexity index is 218. The van der Waals surface area contributed by atoms with Gasteiger partial charge in [-0.25, -0.2) is 0 Å². The van der Waals surface area contributed by atoms with Gasteiger partial charge in [-0.1, -0.05) is 58.1 Å². The summed E-state index contributed by atoms with van der Waals surface area (Å²) in [6.45, 7) is 12.7. The molecular formula is C15H26. The van der Waals surface area contributed by atoms with Crippen molar-refractivity contribution < 1.29 is 0 Å². The summed E-state index contributed by atoms with van der Waals surface area (Å²) < 4.78 is 0. The van der Waals surface area contributed by atoms with Gasteiger partial charge < -0.3 is 0 Å². The van der Waals surface area contributed by atoms with E-state index in [1.165, 1.54) is 24.8 Å². The van der Waals surface area contributed by atoms with E-state index >= 15 is 0 Å². The molecule has 0 heteroatoms. The van der Waals surface area contributed by atoms with Gasteiger partial charge in [-0.3, -0.25) is 0 Å². The molecule has 0 nitrogen and oxygen atoms in total. The molecule has 0 aliphatic rings. The van der Waals surface area contributed by atoms with E-state index in [1.54, 1.807) is 0 Å². The molecular weight excluding hydrogens is 180 g/mol. The Morgan fingerprint density at radius 3 is 2.40 bits per heavy atom. The molecule has 1 unspecified atom stereocenters. The molecule has 0 aliphatic carbocycles. The Hall–Kier alpha value is -0.780. The largest absolute Gasteiger partial charge is 0.0991 e. The van der Waals surface area contributed by atoms with Gasteiger partial charge in [0.15, 0.2) is 0 Å². The lowest BCUT2D eigenvalue weighted by atomic mass is 9.86. The minimum absolute atomic E-state index is 0.698. The molecule has 0 fully saturated rings. The third-order valence-corrected chi connectivity index (χ3v) is 2.53. The van der Waals surface area contributed by atoms with Crippen molar-refractivity contribution >= 4 is 0 Å². The monoisotopic (exact) mass is 206 g/mol. The predicted molar refractivity (Wildman–Crippen MR) is 70.9 cm³/mol. The molecule has 0 N–H and O–H groups in total. The first kappa shape index (κ1) is 14.2. The number of hydrogen-bond acceptors (Lipinski definition) is 0. The van der Waals surface area contributed by atoms with Crippen molar-refractivity contribution in [1.82, 2.24) is 0 Å². The highest BCUT2D eigenvalue weighted by molar-refractivity contribution is 5.25. The molecule has 0 saturated carbocycles. The van der Waals surface area contributed by atoms with Crippen LogP contribution in [0.1, 0.15) is 47.0 Å². The van der Waals surface area contributed by atoms with E-state index in [4.69, 9.17) is 0 Å². The van der Waals surface area contributed by atoms with Gasteiger partial charge in [-0.15, -0.1) is 0 Å². The molecule has 0 bridgehead atoms. The lowest BCUT2D eigenvalue weighted by Crippen LogP contribution is -2.06. The second-order valence-corrected chi connectivity index (χ2v) is 4.52. The fourth-order valence-corrected chi connectivity index (χ4v) is 1.99. The fraction of sp³-hybridized carbons (Fsp3) is 0.600. The van der Waals surface area contributed by atoms with Crippen molar-refractivity contribution in [1.29, 1.82) is 0 Å². The molecule has 86 valence electrons. The smallest absolute Gasteiger partial charge is 0.0160 e. The number of hydrogen-bond donors (Lipinski definition) is 0. The second kappa shape index (κ2) is 8.52. The molecule has 0 saturated heterocycles. The topological polar surface area (TPSA) is 0 Å². The van der Waals surface area contributed by atoms with Gasteiger partial charge in [0.2, 0.25) is 0 Å². The summed E-state index contributed by atoms with van der Waals surface area (Å²) in [6, 6.07) is 0. The van der Waals surface area contributed by atoms with Gasteiger partial charge in [-0.2, -0.15) is 0 Å². The third kappa shape index (κ3) is 6.33. The quantitative estimate of drug-likeness (QED) is 0.506. The lowest BCUT2D eigenvalue weighted by Gasteiger charge is -2.19. The van der Waals surface area contributed by atoms with Crippen LogP contribution in [0, 0.1) is 11.8 Å².